The van der Waals surface area contributed by atoms with Gasteiger partial charge in [0.15, 0.2) is 0 Å². The average Bonchev–Trinajstić information content (AvgIpc) is 2.89. The van der Waals surface area contributed by atoms with Gasteiger partial charge in [0.05, 0.1) is 22.7 Å². The van der Waals surface area contributed by atoms with Gasteiger partial charge in [-0.1, -0.05) is 26.8 Å². The molecule has 1 amide bonds. The maximum Gasteiger partial charge on any atom is 0.336 e. The number of nitrogens with zero attached hydrogens (tertiary/aromatic N) is 1. The summed E-state index contributed by atoms with van der Waals surface area (Å²) in [5.41, 5.74) is 2.91. The molecular formula is C18H22N2O3S. The molecule has 1 aromatic heterocycles. The molecule has 24 heavy (non-hydrogen) atoms. The number of carbonyl (C=O) groups is 2. The molecule has 1 heterocycles. The molecule has 0 fully saturated rings. The monoisotopic (exact) mass is 346 g/mol. The summed E-state index contributed by atoms with van der Waals surface area (Å²) in [5, 5.41) is 14.9. The van der Waals surface area contributed by atoms with Crippen LogP contribution < -0.4 is 5.32 Å². The Labute approximate surface area is 145 Å². The van der Waals surface area contributed by atoms with Crippen LogP contribution in [0.3, 0.4) is 0 Å². The van der Waals surface area contributed by atoms with Gasteiger partial charge in [-0.2, -0.15) is 0 Å². The van der Waals surface area contributed by atoms with E-state index in [2.05, 4.69) is 31.1 Å². The molecule has 0 unspecified atom stereocenters. The summed E-state index contributed by atoms with van der Waals surface area (Å²) < 4.78 is 0. The van der Waals surface area contributed by atoms with E-state index in [-0.39, 0.29) is 23.3 Å². The van der Waals surface area contributed by atoms with Crippen molar-refractivity contribution in [2.75, 3.05) is 5.32 Å². The number of rotatable bonds is 4. The van der Waals surface area contributed by atoms with Crippen molar-refractivity contribution in [3.05, 3.63) is 44.9 Å². The molecule has 1 aromatic carbocycles. The number of aromatic nitrogens is 1. The number of aromatic carboxylic acids is 1. The van der Waals surface area contributed by atoms with E-state index in [4.69, 9.17) is 0 Å². The molecule has 2 rings (SSSR count). The largest absolute Gasteiger partial charge is 0.478 e. The Morgan fingerprint density at radius 2 is 1.88 bits per heavy atom. The van der Waals surface area contributed by atoms with Crippen molar-refractivity contribution in [3.8, 4) is 0 Å². The Morgan fingerprint density at radius 3 is 2.42 bits per heavy atom. The highest BCUT2D eigenvalue weighted by Gasteiger charge is 2.19. The molecule has 0 spiro atoms. The van der Waals surface area contributed by atoms with E-state index in [1.165, 1.54) is 6.07 Å². The summed E-state index contributed by atoms with van der Waals surface area (Å²) in [6, 6.07) is 3.27. The van der Waals surface area contributed by atoms with Gasteiger partial charge in [0.2, 0.25) is 5.91 Å². The van der Waals surface area contributed by atoms with E-state index in [1.54, 1.807) is 24.3 Å². The molecule has 0 saturated carbocycles. The van der Waals surface area contributed by atoms with E-state index < -0.39 is 5.97 Å². The highest BCUT2D eigenvalue weighted by Crippen LogP contribution is 2.26. The molecule has 5 nitrogen and oxygen atoms in total. The minimum Gasteiger partial charge on any atom is -0.478 e. The summed E-state index contributed by atoms with van der Waals surface area (Å²) in [4.78, 5) is 28.0. The lowest BCUT2D eigenvalue weighted by Gasteiger charge is -2.13. The summed E-state index contributed by atoms with van der Waals surface area (Å²) in [6.07, 6.45) is 0.169. The third kappa shape index (κ3) is 4.20. The number of hydrogen-bond acceptors (Lipinski definition) is 4. The zero-order valence-electron chi connectivity index (χ0n) is 14.6. The van der Waals surface area contributed by atoms with Gasteiger partial charge in [-0.05, 0) is 31.0 Å². The van der Waals surface area contributed by atoms with E-state index in [9.17, 15) is 14.7 Å². The van der Waals surface area contributed by atoms with Crippen molar-refractivity contribution in [1.82, 2.24) is 4.98 Å². The Morgan fingerprint density at radius 1 is 1.21 bits per heavy atom. The standard InChI is InChI=1S/C18H22N2O3S/c1-10-6-11(2)14(8-13(10)16(22)23)20-15(21)7-12-9-24-17(19-12)18(3,4)5/h6,8-9H,7H2,1-5H3,(H,20,21)(H,22,23). The van der Waals surface area contributed by atoms with E-state index in [1.807, 2.05) is 12.3 Å². The second kappa shape index (κ2) is 6.73. The number of thiazole rings is 1. The minimum atomic E-state index is -1.00. The van der Waals surface area contributed by atoms with Crippen LogP contribution in [0.4, 0.5) is 5.69 Å². The number of nitrogens with one attached hydrogen (secondary N) is 1. The van der Waals surface area contributed by atoms with Gasteiger partial charge in [0.25, 0.3) is 0 Å². The molecule has 2 aromatic rings. The zero-order valence-corrected chi connectivity index (χ0v) is 15.4. The number of carboxylic acid groups (broad SMARTS) is 1. The summed E-state index contributed by atoms with van der Waals surface area (Å²) in [5.74, 6) is -1.21. The molecule has 0 aliphatic carbocycles. The predicted molar refractivity (Wildman–Crippen MR) is 96.0 cm³/mol. The molecule has 0 saturated heterocycles. The van der Waals surface area contributed by atoms with Crippen LogP contribution in [-0.2, 0) is 16.6 Å². The first-order valence-electron chi connectivity index (χ1n) is 7.67. The SMILES string of the molecule is Cc1cc(C)c(C(=O)O)cc1NC(=O)Cc1csc(C(C)(C)C)n1. The lowest BCUT2D eigenvalue weighted by molar-refractivity contribution is -0.115. The van der Waals surface area contributed by atoms with E-state index >= 15 is 0 Å². The molecule has 2 N–H and O–H groups in total. The average molecular weight is 346 g/mol. The van der Waals surface area contributed by atoms with Gasteiger partial charge in [-0.15, -0.1) is 11.3 Å². The molecule has 0 bridgehead atoms. The summed E-state index contributed by atoms with van der Waals surface area (Å²) >= 11 is 1.55. The van der Waals surface area contributed by atoms with E-state index in [0.29, 0.717) is 11.3 Å². The first kappa shape index (κ1) is 18.1. The smallest absolute Gasteiger partial charge is 0.336 e. The molecule has 128 valence electrons. The number of carboxylic acids is 1. The van der Waals surface area contributed by atoms with Crippen LogP contribution >= 0.6 is 11.3 Å². The fraction of sp³-hybridized carbons (Fsp3) is 0.389. The Balaban J connectivity index is 2.14. The lowest BCUT2D eigenvalue weighted by Crippen LogP contribution is -2.17. The van der Waals surface area contributed by atoms with Gasteiger partial charge >= 0.3 is 5.97 Å². The van der Waals surface area contributed by atoms with Crippen LogP contribution in [0.25, 0.3) is 0 Å². The van der Waals surface area contributed by atoms with Crippen molar-refractivity contribution in [2.24, 2.45) is 0 Å². The van der Waals surface area contributed by atoms with Crippen molar-refractivity contribution in [1.29, 1.82) is 0 Å². The minimum absolute atomic E-state index is 0.0384. The van der Waals surface area contributed by atoms with Crippen molar-refractivity contribution in [2.45, 2.75) is 46.5 Å². The lowest BCUT2D eigenvalue weighted by atomic mass is 9.98. The molecule has 0 atom stereocenters. The summed E-state index contributed by atoms with van der Waals surface area (Å²) in [6.45, 7) is 9.83. The second-order valence-corrected chi connectivity index (χ2v) is 7.76. The third-order valence-electron chi connectivity index (χ3n) is 3.61. The number of anilines is 1. The van der Waals surface area contributed by atoms with Crippen molar-refractivity contribution >= 4 is 28.9 Å². The van der Waals surface area contributed by atoms with Gasteiger partial charge in [-0.25, -0.2) is 9.78 Å². The van der Waals surface area contributed by atoms with Gasteiger partial charge < -0.3 is 10.4 Å². The molecule has 0 aliphatic rings. The predicted octanol–water partition coefficient (Wildman–Crippen LogP) is 3.94. The van der Waals surface area contributed by atoms with Crippen molar-refractivity contribution < 1.29 is 14.7 Å². The fourth-order valence-electron chi connectivity index (χ4n) is 2.31. The highest BCUT2D eigenvalue weighted by atomic mass is 32.1. The number of hydrogen-bond donors (Lipinski definition) is 2. The topological polar surface area (TPSA) is 79.3 Å². The molecule has 0 radical (unpaired) electrons. The van der Waals surface area contributed by atoms with Crippen LogP contribution in [0.2, 0.25) is 0 Å². The van der Waals surface area contributed by atoms with E-state index in [0.717, 1.165) is 16.3 Å². The zero-order chi connectivity index (χ0) is 18.1. The maximum atomic E-state index is 12.3. The highest BCUT2D eigenvalue weighted by molar-refractivity contribution is 7.09. The second-order valence-electron chi connectivity index (χ2n) is 6.91. The number of amides is 1. The van der Waals surface area contributed by atoms with Gasteiger partial charge in [-0.3, -0.25) is 4.79 Å². The Bertz CT molecular complexity index is 788. The maximum absolute atomic E-state index is 12.3. The normalized spacial score (nSPS) is 11.4. The van der Waals surface area contributed by atoms with Crippen LogP contribution in [-0.4, -0.2) is 22.0 Å². The van der Waals surface area contributed by atoms with Crippen LogP contribution in [0.5, 0.6) is 0 Å². The quantitative estimate of drug-likeness (QED) is 0.879. The van der Waals surface area contributed by atoms with Crippen LogP contribution in [0, 0.1) is 13.8 Å². The van der Waals surface area contributed by atoms with Crippen LogP contribution in [0.1, 0.15) is 53.0 Å². The Kier molecular flexibility index (Phi) is 5.08. The number of aryl methyl sites for hydroxylation is 2. The first-order chi connectivity index (χ1) is 11.1. The van der Waals surface area contributed by atoms with Crippen molar-refractivity contribution in [3.63, 3.8) is 0 Å². The summed E-state index contributed by atoms with van der Waals surface area (Å²) in [7, 11) is 0. The third-order valence-corrected chi connectivity index (χ3v) is 4.93. The van der Waals surface area contributed by atoms with Gasteiger partial charge in [0.1, 0.15) is 0 Å². The van der Waals surface area contributed by atoms with Gasteiger partial charge in [0, 0.05) is 16.5 Å². The molecular weight excluding hydrogens is 324 g/mol. The first-order valence-corrected chi connectivity index (χ1v) is 8.55. The molecule has 0 aliphatic heterocycles. The molecule has 6 heteroatoms. The fourth-order valence-corrected chi connectivity index (χ4v) is 3.22. The number of benzene rings is 1. The van der Waals surface area contributed by atoms with Crippen LogP contribution in [0.15, 0.2) is 17.5 Å². The Hall–Kier alpha value is -2.21. The number of carbonyl (C=O) groups excluding carboxylic acids is 1.